The van der Waals surface area contributed by atoms with Gasteiger partial charge in [0, 0.05) is 16.0 Å². The van der Waals surface area contributed by atoms with E-state index >= 15 is 0 Å². The van der Waals surface area contributed by atoms with Gasteiger partial charge in [-0.1, -0.05) is 30.3 Å². The van der Waals surface area contributed by atoms with Crippen LogP contribution in [-0.4, -0.2) is 33.0 Å². The second kappa shape index (κ2) is 9.11. The number of thioether (sulfide) groups is 1. The van der Waals surface area contributed by atoms with Crippen molar-refractivity contribution >= 4 is 33.4 Å². The Morgan fingerprint density at radius 3 is 2.34 bits per heavy atom. The van der Waals surface area contributed by atoms with Crippen molar-refractivity contribution in [2.45, 2.75) is 15.5 Å². The third kappa shape index (κ3) is 5.16. The minimum absolute atomic E-state index is 0.143. The molecule has 0 aliphatic carbocycles. The van der Waals surface area contributed by atoms with Crippen LogP contribution in [0.1, 0.15) is 26.5 Å². The van der Waals surface area contributed by atoms with Gasteiger partial charge in [-0.2, -0.15) is 0 Å². The molecule has 1 heterocycles. The van der Waals surface area contributed by atoms with Crippen LogP contribution in [0.4, 0.5) is 0 Å². The standard InChI is InChI=1S/C21H18O6S2/c1-28-17-9-7-15(8-10-17)19(22)13-27-21(23)20-16(11-12-26-20)14-29(24,25)18-5-3-2-4-6-18/h2-12H,13-14H2,1H3. The molecule has 1 aromatic heterocycles. The van der Waals surface area contributed by atoms with Crippen LogP contribution in [0, 0.1) is 0 Å². The Bertz CT molecular complexity index is 1100. The van der Waals surface area contributed by atoms with E-state index in [-0.39, 0.29) is 22.0 Å². The predicted molar refractivity (Wildman–Crippen MR) is 109 cm³/mol. The third-order valence-electron chi connectivity index (χ3n) is 4.13. The molecule has 0 saturated heterocycles. The third-order valence-corrected chi connectivity index (χ3v) is 6.55. The minimum atomic E-state index is -3.66. The van der Waals surface area contributed by atoms with E-state index in [9.17, 15) is 18.0 Å². The molecule has 29 heavy (non-hydrogen) atoms. The van der Waals surface area contributed by atoms with Gasteiger partial charge in [-0.05, 0) is 36.6 Å². The number of carbonyl (C=O) groups is 2. The van der Waals surface area contributed by atoms with E-state index < -0.39 is 28.2 Å². The first-order valence-corrected chi connectivity index (χ1v) is 11.5. The van der Waals surface area contributed by atoms with E-state index in [0.717, 1.165) is 4.90 Å². The Hall–Kier alpha value is -2.84. The first-order chi connectivity index (χ1) is 13.9. The lowest BCUT2D eigenvalue weighted by Gasteiger charge is -2.06. The summed E-state index contributed by atoms with van der Waals surface area (Å²) in [7, 11) is -3.66. The lowest BCUT2D eigenvalue weighted by atomic mass is 10.1. The van der Waals surface area contributed by atoms with Gasteiger partial charge < -0.3 is 9.15 Å². The number of rotatable bonds is 8. The van der Waals surface area contributed by atoms with Gasteiger partial charge in [-0.25, -0.2) is 13.2 Å². The minimum Gasteiger partial charge on any atom is -0.457 e. The van der Waals surface area contributed by atoms with Crippen LogP contribution in [0.3, 0.4) is 0 Å². The number of carbonyl (C=O) groups excluding carboxylic acids is 2. The smallest absolute Gasteiger partial charge is 0.374 e. The number of esters is 1. The highest BCUT2D eigenvalue weighted by Gasteiger charge is 2.24. The van der Waals surface area contributed by atoms with E-state index in [2.05, 4.69) is 0 Å². The number of sulfone groups is 1. The van der Waals surface area contributed by atoms with Gasteiger partial charge in [0.1, 0.15) is 0 Å². The summed E-state index contributed by atoms with van der Waals surface area (Å²) in [6.07, 6.45) is 3.15. The fourth-order valence-corrected chi connectivity index (χ4v) is 4.38. The number of benzene rings is 2. The number of ether oxygens (including phenoxy) is 1. The average molecular weight is 431 g/mol. The molecule has 0 aliphatic heterocycles. The van der Waals surface area contributed by atoms with Gasteiger partial charge in [0.15, 0.2) is 22.2 Å². The van der Waals surface area contributed by atoms with Crippen LogP contribution in [-0.2, 0) is 20.3 Å². The van der Waals surface area contributed by atoms with Gasteiger partial charge in [0.05, 0.1) is 16.9 Å². The first-order valence-electron chi connectivity index (χ1n) is 8.59. The van der Waals surface area contributed by atoms with Crippen LogP contribution < -0.4 is 0 Å². The zero-order valence-electron chi connectivity index (χ0n) is 15.5. The average Bonchev–Trinajstić information content (AvgIpc) is 3.20. The summed E-state index contributed by atoms with van der Waals surface area (Å²) in [5, 5.41) is 0. The summed E-state index contributed by atoms with van der Waals surface area (Å²) >= 11 is 1.55. The van der Waals surface area contributed by atoms with E-state index in [1.54, 1.807) is 54.2 Å². The van der Waals surface area contributed by atoms with Crippen molar-refractivity contribution in [1.29, 1.82) is 0 Å². The van der Waals surface area contributed by atoms with Crippen molar-refractivity contribution in [1.82, 2.24) is 0 Å². The zero-order chi connectivity index (χ0) is 20.9. The highest BCUT2D eigenvalue weighted by molar-refractivity contribution is 7.98. The van der Waals surface area contributed by atoms with Crippen LogP contribution >= 0.6 is 11.8 Å². The second-order valence-corrected chi connectivity index (χ2v) is 8.94. The maximum Gasteiger partial charge on any atom is 0.374 e. The predicted octanol–water partition coefficient (Wildman–Crippen LogP) is 4.02. The molecule has 0 radical (unpaired) electrons. The number of Topliss-reactive ketones (excluding diaryl/α,β-unsaturated/α-hetero) is 1. The summed E-state index contributed by atoms with van der Waals surface area (Å²) < 4.78 is 35.2. The quantitative estimate of drug-likeness (QED) is 0.303. The molecular formula is C21H18O6S2. The topological polar surface area (TPSA) is 90.7 Å². The summed E-state index contributed by atoms with van der Waals surface area (Å²) in [5.74, 6) is -1.89. The molecule has 150 valence electrons. The molecule has 0 aliphatic rings. The monoisotopic (exact) mass is 430 g/mol. The molecule has 0 N–H and O–H groups in total. The Morgan fingerprint density at radius 1 is 1.00 bits per heavy atom. The number of ketones is 1. The Balaban J connectivity index is 1.66. The number of hydrogen-bond acceptors (Lipinski definition) is 7. The van der Waals surface area contributed by atoms with Crippen molar-refractivity contribution in [2.75, 3.05) is 12.9 Å². The van der Waals surface area contributed by atoms with Crippen LogP contribution in [0.2, 0.25) is 0 Å². The van der Waals surface area contributed by atoms with Gasteiger partial charge in [0.2, 0.25) is 5.76 Å². The zero-order valence-corrected chi connectivity index (χ0v) is 17.2. The Morgan fingerprint density at radius 2 is 1.69 bits per heavy atom. The molecule has 0 amide bonds. The molecule has 0 bridgehead atoms. The van der Waals surface area contributed by atoms with E-state index in [1.165, 1.54) is 24.5 Å². The normalized spacial score (nSPS) is 11.2. The maximum atomic E-state index is 12.5. The molecule has 6 nitrogen and oxygen atoms in total. The Kier molecular flexibility index (Phi) is 6.56. The van der Waals surface area contributed by atoms with Crippen molar-refractivity contribution < 1.29 is 27.2 Å². The molecular weight excluding hydrogens is 412 g/mol. The van der Waals surface area contributed by atoms with Crippen LogP contribution in [0.5, 0.6) is 0 Å². The van der Waals surface area contributed by atoms with Crippen molar-refractivity contribution in [3.8, 4) is 0 Å². The number of furan rings is 1. The SMILES string of the molecule is CSc1ccc(C(=O)COC(=O)c2occc2CS(=O)(=O)c2ccccc2)cc1. The van der Waals surface area contributed by atoms with Crippen molar-refractivity contribution in [3.05, 3.63) is 83.8 Å². The second-order valence-electron chi connectivity index (χ2n) is 6.07. The molecule has 0 saturated carbocycles. The fraction of sp³-hybridized carbons (Fsp3) is 0.143. The van der Waals surface area contributed by atoms with Crippen molar-refractivity contribution in [2.24, 2.45) is 0 Å². The molecule has 2 aromatic carbocycles. The molecule has 3 rings (SSSR count). The molecule has 0 atom stereocenters. The van der Waals surface area contributed by atoms with E-state index in [0.29, 0.717) is 5.56 Å². The maximum absolute atomic E-state index is 12.5. The summed E-state index contributed by atoms with van der Waals surface area (Å²) in [5.41, 5.74) is 0.595. The van der Waals surface area contributed by atoms with Crippen LogP contribution in [0.15, 0.2) is 81.1 Å². The molecule has 0 spiro atoms. The van der Waals surface area contributed by atoms with Gasteiger partial charge in [-0.3, -0.25) is 4.79 Å². The molecule has 0 fully saturated rings. The van der Waals surface area contributed by atoms with E-state index in [4.69, 9.17) is 9.15 Å². The molecule has 3 aromatic rings. The first kappa shape index (κ1) is 20.9. The van der Waals surface area contributed by atoms with Gasteiger partial charge in [0.25, 0.3) is 0 Å². The van der Waals surface area contributed by atoms with Crippen LogP contribution in [0.25, 0.3) is 0 Å². The van der Waals surface area contributed by atoms with Gasteiger partial charge >= 0.3 is 5.97 Å². The molecule has 0 unspecified atom stereocenters. The highest BCUT2D eigenvalue weighted by Crippen LogP contribution is 2.21. The fourth-order valence-electron chi connectivity index (χ4n) is 2.60. The van der Waals surface area contributed by atoms with E-state index in [1.807, 2.05) is 6.26 Å². The largest absolute Gasteiger partial charge is 0.457 e. The summed E-state index contributed by atoms with van der Waals surface area (Å²) in [4.78, 5) is 25.7. The Labute approximate surface area is 172 Å². The lowest BCUT2D eigenvalue weighted by molar-refractivity contribution is 0.0443. The lowest BCUT2D eigenvalue weighted by Crippen LogP contribution is -2.15. The highest BCUT2D eigenvalue weighted by atomic mass is 32.2. The molecule has 8 heteroatoms. The van der Waals surface area contributed by atoms with Gasteiger partial charge in [-0.15, -0.1) is 11.8 Å². The summed E-state index contributed by atoms with van der Waals surface area (Å²) in [6, 6.07) is 16.2. The number of hydrogen-bond donors (Lipinski definition) is 0. The summed E-state index contributed by atoms with van der Waals surface area (Å²) in [6.45, 7) is -0.469. The van der Waals surface area contributed by atoms with Crippen molar-refractivity contribution in [3.63, 3.8) is 0 Å².